The summed E-state index contributed by atoms with van der Waals surface area (Å²) in [6, 6.07) is 7.34. The molecule has 19 heavy (non-hydrogen) atoms. The molecule has 2 aromatic rings. The minimum Gasteiger partial charge on any atom is -0.481 e. The Labute approximate surface area is 123 Å². The van der Waals surface area contributed by atoms with Crippen molar-refractivity contribution in [2.24, 2.45) is 0 Å². The van der Waals surface area contributed by atoms with Crippen LogP contribution >= 0.6 is 27.3 Å². The topological polar surface area (TPSA) is 64.1 Å². The van der Waals surface area contributed by atoms with Gasteiger partial charge in [-0.3, -0.25) is 10.1 Å². The Morgan fingerprint density at radius 3 is 2.89 bits per heavy atom. The summed E-state index contributed by atoms with van der Waals surface area (Å²) in [7, 11) is 0. The molecule has 0 aliphatic heterocycles. The highest BCUT2D eigenvalue weighted by molar-refractivity contribution is 9.10. The number of ether oxygens (including phenoxy) is 1. The first-order valence-corrected chi connectivity index (χ1v) is 7.19. The van der Waals surface area contributed by atoms with E-state index in [9.17, 15) is 4.79 Å². The Kier molecular flexibility index (Phi) is 4.49. The summed E-state index contributed by atoms with van der Waals surface area (Å²) in [5, 5.41) is 11.6. The molecule has 2 rings (SSSR count). The van der Waals surface area contributed by atoms with Gasteiger partial charge in [-0.25, -0.2) is 0 Å². The van der Waals surface area contributed by atoms with Gasteiger partial charge in [0.05, 0.1) is 0 Å². The fourth-order valence-electron chi connectivity index (χ4n) is 1.35. The molecule has 0 fully saturated rings. The first-order chi connectivity index (χ1) is 9.04. The summed E-state index contributed by atoms with van der Waals surface area (Å²) in [6.45, 7) is 3.51. The lowest BCUT2D eigenvalue weighted by Crippen LogP contribution is -2.30. The van der Waals surface area contributed by atoms with Crippen molar-refractivity contribution in [2.75, 3.05) is 5.32 Å². The van der Waals surface area contributed by atoms with E-state index >= 15 is 0 Å². The van der Waals surface area contributed by atoms with Crippen LogP contribution in [0.5, 0.6) is 5.75 Å². The third-order valence-electron chi connectivity index (χ3n) is 2.23. The molecule has 1 amide bonds. The van der Waals surface area contributed by atoms with Crippen molar-refractivity contribution in [3.8, 4) is 5.75 Å². The lowest BCUT2D eigenvalue weighted by molar-refractivity contribution is -0.122. The van der Waals surface area contributed by atoms with Crippen LogP contribution in [0.4, 0.5) is 5.13 Å². The Bertz CT molecular complexity index is 588. The SMILES string of the molecule is Cc1nnc(NC(=O)[C@@H](C)Oc2cccc(Br)c2)s1. The molecule has 0 radical (unpaired) electrons. The van der Waals surface area contributed by atoms with Crippen molar-refractivity contribution in [3.63, 3.8) is 0 Å². The van der Waals surface area contributed by atoms with Gasteiger partial charge in [-0.2, -0.15) is 0 Å². The summed E-state index contributed by atoms with van der Waals surface area (Å²) < 4.78 is 6.45. The van der Waals surface area contributed by atoms with Crippen LogP contribution < -0.4 is 10.1 Å². The molecular weight excluding hydrogens is 330 g/mol. The third kappa shape index (κ3) is 4.00. The average Bonchev–Trinajstić information content (AvgIpc) is 2.74. The molecule has 1 N–H and O–H groups in total. The molecule has 0 bridgehead atoms. The number of hydrogen-bond acceptors (Lipinski definition) is 5. The molecule has 1 aromatic heterocycles. The lowest BCUT2D eigenvalue weighted by Gasteiger charge is -2.13. The number of halogens is 1. The summed E-state index contributed by atoms with van der Waals surface area (Å²) in [6.07, 6.45) is -0.612. The van der Waals surface area contributed by atoms with Gasteiger partial charge in [-0.05, 0) is 32.0 Å². The van der Waals surface area contributed by atoms with Gasteiger partial charge in [-0.1, -0.05) is 33.3 Å². The Morgan fingerprint density at radius 1 is 1.47 bits per heavy atom. The molecule has 7 heteroatoms. The number of hydrogen-bond donors (Lipinski definition) is 1. The number of nitrogens with one attached hydrogen (secondary N) is 1. The smallest absolute Gasteiger partial charge is 0.266 e. The monoisotopic (exact) mass is 341 g/mol. The maximum Gasteiger partial charge on any atom is 0.266 e. The zero-order chi connectivity index (χ0) is 13.8. The standard InChI is InChI=1S/C12H12BrN3O2S/c1-7(18-10-5-3-4-9(13)6-10)11(17)14-12-16-15-8(2)19-12/h3-7H,1-2H3,(H,14,16,17)/t7-/m1/s1. The van der Waals surface area contributed by atoms with Crippen molar-refractivity contribution >= 4 is 38.3 Å². The van der Waals surface area contributed by atoms with Crippen molar-refractivity contribution < 1.29 is 9.53 Å². The molecule has 0 unspecified atom stereocenters. The van der Waals surface area contributed by atoms with Crippen molar-refractivity contribution in [1.29, 1.82) is 0 Å². The first kappa shape index (κ1) is 14.0. The number of anilines is 1. The molecule has 100 valence electrons. The van der Waals surface area contributed by atoms with Gasteiger partial charge in [0.1, 0.15) is 10.8 Å². The predicted octanol–water partition coefficient (Wildman–Crippen LogP) is 3.02. The minimum atomic E-state index is -0.612. The third-order valence-corrected chi connectivity index (χ3v) is 3.48. The van der Waals surface area contributed by atoms with E-state index in [4.69, 9.17) is 4.74 Å². The predicted molar refractivity (Wildman–Crippen MR) is 77.5 cm³/mol. The number of benzene rings is 1. The van der Waals surface area contributed by atoms with Gasteiger partial charge in [0.15, 0.2) is 6.10 Å². The van der Waals surface area contributed by atoms with Crippen LogP contribution in [0.3, 0.4) is 0 Å². The number of carbonyl (C=O) groups is 1. The fraction of sp³-hybridized carbons (Fsp3) is 0.250. The van der Waals surface area contributed by atoms with Gasteiger partial charge >= 0.3 is 0 Å². The molecule has 1 atom stereocenters. The highest BCUT2D eigenvalue weighted by Gasteiger charge is 2.16. The molecule has 0 saturated heterocycles. The van der Waals surface area contributed by atoms with Crippen molar-refractivity contribution in [3.05, 3.63) is 33.7 Å². The largest absolute Gasteiger partial charge is 0.481 e. The number of aromatic nitrogens is 2. The normalized spacial score (nSPS) is 11.9. The second-order valence-corrected chi connectivity index (χ2v) is 5.93. The molecule has 0 aliphatic carbocycles. The lowest BCUT2D eigenvalue weighted by atomic mass is 10.3. The Hall–Kier alpha value is -1.47. The number of nitrogens with zero attached hydrogens (tertiary/aromatic N) is 2. The number of carbonyl (C=O) groups excluding carboxylic acids is 1. The summed E-state index contributed by atoms with van der Waals surface area (Å²) in [5.41, 5.74) is 0. The van der Waals surface area contributed by atoms with Gasteiger partial charge < -0.3 is 4.74 Å². The van der Waals surface area contributed by atoms with Crippen LogP contribution in [0.1, 0.15) is 11.9 Å². The van der Waals surface area contributed by atoms with Gasteiger partial charge in [0.2, 0.25) is 5.13 Å². The molecular formula is C12H12BrN3O2S. The van der Waals surface area contributed by atoms with Gasteiger partial charge in [0, 0.05) is 4.47 Å². The highest BCUT2D eigenvalue weighted by Crippen LogP contribution is 2.19. The zero-order valence-corrected chi connectivity index (χ0v) is 12.8. The molecule has 1 aromatic carbocycles. The number of rotatable bonds is 4. The van der Waals surface area contributed by atoms with Crippen LogP contribution in [0.2, 0.25) is 0 Å². The second kappa shape index (κ2) is 6.12. The van der Waals surface area contributed by atoms with Crippen molar-refractivity contribution in [1.82, 2.24) is 10.2 Å². The molecule has 0 spiro atoms. The maximum atomic E-state index is 11.9. The first-order valence-electron chi connectivity index (χ1n) is 5.58. The van der Waals surface area contributed by atoms with Crippen molar-refractivity contribution in [2.45, 2.75) is 20.0 Å². The molecule has 0 saturated carbocycles. The summed E-state index contributed by atoms with van der Waals surface area (Å²) >= 11 is 4.67. The van der Waals surface area contributed by atoms with Crippen LogP contribution in [0.15, 0.2) is 28.7 Å². The van der Waals surface area contributed by atoms with Gasteiger partial charge in [-0.15, -0.1) is 10.2 Å². The van der Waals surface area contributed by atoms with Crippen LogP contribution in [-0.4, -0.2) is 22.2 Å². The second-order valence-electron chi connectivity index (χ2n) is 3.83. The van der Waals surface area contributed by atoms with E-state index in [1.165, 1.54) is 11.3 Å². The van der Waals surface area contributed by atoms with E-state index in [1.807, 2.05) is 19.1 Å². The fourth-order valence-corrected chi connectivity index (χ4v) is 2.33. The number of aryl methyl sites for hydroxylation is 1. The van der Waals surface area contributed by atoms with Gasteiger partial charge in [0.25, 0.3) is 5.91 Å². The number of amides is 1. The summed E-state index contributed by atoms with van der Waals surface area (Å²) in [5.74, 6) is 0.376. The Morgan fingerprint density at radius 2 is 2.26 bits per heavy atom. The van der Waals surface area contributed by atoms with E-state index in [-0.39, 0.29) is 5.91 Å². The minimum absolute atomic E-state index is 0.254. The van der Waals surface area contributed by atoms with Crippen LogP contribution in [0.25, 0.3) is 0 Å². The highest BCUT2D eigenvalue weighted by atomic mass is 79.9. The van der Waals surface area contributed by atoms with E-state index < -0.39 is 6.10 Å². The zero-order valence-electron chi connectivity index (χ0n) is 10.4. The molecule has 1 heterocycles. The van der Waals surface area contributed by atoms with E-state index in [0.29, 0.717) is 10.9 Å². The van der Waals surface area contributed by atoms with E-state index in [0.717, 1.165) is 9.48 Å². The quantitative estimate of drug-likeness (QED) is 0.928. The van der Waals surface area contributed by atoms with E-state index in [2.05, 4.69) is 31.4 Å². The summed E-state index contributed by atoms with van der Waals surface area (Å²) in [4.78, 5) is 11.9. The molecule has 5 nitrogen and oxygen atoms in total. The van der Waals surface area contributed by atoms with E-state index in [1.54, 1.807) is 19.1 Å². The maximum absolute atomic E-state index is 11.9. The average molecular weight is 342 g/mol. The molecule has 0 aliphatic rings. The van der Waals surface area contributed by atoms with Crippen LogP contribution in [0, 0.1) is 6.92 Å². The Balaban J connectivity index is 1.96. The van der Waals surface area contributed by atoms with Crippen LogP contribution in [-0.2, 0) is 4.79 Å².